The maximum Gasteiger partial charge on any atom is 0.239 e. The fourth-order valence-corrected chi connectivity index (χ4v) is 1.35. The first-order valence-electron chi connectivity index (χ1n) is 3.70. The summed E-state index contributed by atoms with van der Waals surface area (Å²) < 4.78 is 1.80. The van der Waals surface area contributed by atoms with Crippen LogP contribution in [0, 0.1) is 0 Å². The molecule has 1 aromatic rings. The van der Waals surface area contributed by atoms with Crippen molar-refractivity contribution >= 4 is 5.95 Å². The Hall–Kier alpha value is -1.10. The highest BCUT2D eigenvalue weighted by Gasteiger charge is 2.17. The van der Waals surface area contributed by atoms with Crippen molar-refractivity contribution < 1.29 is 0 Å². The van der Waals surface area contributed by atoms with Gasteiger partial charge in [-0.05, 0) is 6.42 Å². The summed E-state index contributed by atoms with van der Waals surface area (Å²) in [6, 6.07) is 0.212. The minimum absolute atomic E-state index is 0.212. The van der Waals surface area contributed by atoms with E-state index in [2.05, 4.69) is 10.1 Å². The van der Waals surface area contributed by atoms with Crippen LogP contribution in [-0.2, 0) is 13.0 Å². The second kappa shape index (κ2) is 2.20. The summed E-state index contributed by atoms with van der Waals surface area (Å²) in [6.07, 6.45) is 1.88. The lowest BCUT2D eigenvalue weighted by Crippen LogP contribution is -2.32. The molecular formula is C6H11N5. The standard InChI is InChI=1S/C6H11N5/c7-4-1-2-5-9-6(8)10-11(5)3-4/h4H,1-3,7H2,(H2,8,10). The Labute approximate surface area is 64.4 Å². The molecule has 0 aromatic carbocycles. The Kier molecular flexibility index (Phi) is 1.32. The molecule has 0 saturated heterocycles. The number of hydrogen-bond acceptors (Lipinski definition) is 4. The van der Waals surface area contributed by atoms with E-state index in [4.69, 9.17) is 11.5 Å². The van der Waals surface area contributed by atoms with E-state index >= 15 is 0 Å². The Bertz CT molecular complexity index is 266. The van der Waals surface area contributed by atoms with Crippen LogP contribution in [0.5, 0.6) is 0 Å². The quantitative estimate of drug-likeness (QED) is 0.507. The summed E-state index contributed by atoms with van der Waals surface area (Å²) in [5.41, 5.74) is 11.1. The predicted molar refractivity (Wildman–Crippen MR) is 40.7 cm³/mol. The molecule has 0 fully saturated rings. The van der Waals surface area contributed by atoms with Crippen molar-refractivity contribution in [2.45, 2.75) is 25.4 Å². The van der Waals surface area contributed by atoms with Crippen LogP contribution in [0.2, 0.25) is 0 Å². The molecule has 0 saturated carbocycles. The number of nitrogen functional groups attached to an aromatic ring is 1. The number of hydrogen-bond donors (Lipinski definition) is 2. The molecule has 1 aromatic heterocycles. The molecule has 0 spiro atoms. The summed E-state index contributed by atoms with van der Waals surface area (Å²) in [7, 11) is 0. The minimum atomic E-state index is 0.212. The van der Waals surface area contributed by atoms with Crippen LogP contribution in [0.3, 0.4) is 0 Å². The van der Waals surface area contributed by atoms with E-state index in [1.165, 1.54) is 0 Å². The predicted octanol–water partition coefficient (Wildman–Crippen LogP) is -0.866. The number of aryl methyl sites for hydroxylation is 1. The molecule has 2 rings (SSSR count). The second-order valence-corrected chi connectivity index (χ2v) is 2.87. The number of rotatable bonds is 0. The lowest BCUT2D eigenvalue weighted by Gasteiger charge is -2.17. The molecule has 5 nitrogen and oxygen atoms in total. The molecule has 1 aliphatic heterocycles. The summed E-state index contributed by atoms with van der Waals surface area (Å²) in [5.74, 6) is 1.32. The Balaban J connectivity index is 2.34. The Morgan fingerprint density at radius 2 is 2.36 bits per heavy atom. The van der Waals surface area contributed by atoms with Crippen LogP contribution in [0.1, 0.15) is 12.2 Å². The maximum atomic E-state index is 5.73. The molecule has 5 heteroatoms. The molecule has 1 aliphatic rings. The van der Waals surface area contributed by atoms with Crippen molar-refractivity contribution in [3.05, 3.63) is 5.82 Å². The lowest BCUT2D eigenvalue weighted by atomic mass is 10.1. The van der Waals surface area contributed by atoms with Crippen molar-refractivity contribution in [3.8, 4) is 0 Å². The van der Waals surface area contributed by atoms with Crippen LogP contribution in [0.15, 0.2) is 0 Å². The molecule has 0 radical (unpaired) electrons. The van der Waals surface area contributed by atoms with Crippen molar-refractivity contribution in [1.29, 1.82) is 0 Å². The monoisotopic (exact) mass is 153 g/mol. The first-order valence-corrected chi connectivity index (χ1v) is 3.70. The molecular weight excluding hydrogens is 142 g/mol. The zero-order valence-corrected chi connectivity index (χ0v) is 6.20. The molecule has 0 amide bonds. The normalized spacial score (nSPS) is 23.2. The van der Waals surface area contributed by atoms with Gasteiger partial charge in [-0.15, -0.1) is 5.10 Å². The van der Waals surface area contributed by atoms with Gasteiger partial charge in [-0.25, -0.2) is 4.68 Å². The van der Waals surface area contributed by atoms with Crippen LogP contribution in [-0.4, -0.2) is 20.8 Å². The van der Waals surface area contributed by atoms with Gasteiger partial charge >= 0.3 is 0 Å². The van der Waals surface area contributed by atoms with Gasteiger partial charge in [-0.1, -0.05) is 0 Å². The highest BCUT2D eigenvalue weighted by atomic mass is 15.4. The van der Waals surface area contributed by atoms with Crippen LogP contribution < -0.4 is 11.5 Å². The number of aromatic nitrogens is 3. The first kappa shape index (κ1) is 6.60. The van der Waals surface area contributed by atoms with Gasteiger partial charge in [0.1, 0.15) is 5.82 Å². The molecule has 1 atom stereocenters. The van der Waals surface area contributed by atoms with E-state index in [-0.39, 0.29) is 6.04 Å². The average molecular weight is 153 g/mol. The first-order chi connectivity index (χ1) is 5.25. The minimum Gasteiger partial charge on any atom is -0.366 e. The van der Waals surface area contributed by atoms with E-state index in [9.17, 15) is 0 Å². The van der Waals surface area contributed by atoms with Gasteiger partial charge in [0, 0.05) is 12.5 Å². The smallest absolute Gasteiger partial charge is 0.239 e. The van der Waals surface area contributed by atoms with E-state index in [1.807, 2.05) is 0 Å². The fraction of sp³-hybridized carbons (Fsp3) is 0.667. The molecule has 4 N–H and O–H groups in total. The number of nitrogens with two attached hydrogens (primary N) is 2. The number of fused-ring (bicyclic) bond motifs is 1. The van der Waals surface area contributed by atoms with Crippen LogP contribution >= 0.6 is 0 Å². The second-order valence-electron chi connectivity index (χ2n) is 2.87. The average Bonchev–Trinajstić information content (AvgIpc) is 2.27. The van der Waals surface area contributed by atoms with E-state index < -0.39 is 0 Å². The van der Waals surface area contributed by atoms with E-state index in [0.717, 1.165) is 25.2 Å². The van der Waals surface area contributed by atoms with Crippen LogP contribution in [0.4, 0.5) is 5.95 Å². The molecule has 0 bridgehead atoms. The van der Waals surface area contributed by atoms with Gasteiger partial charge in [0.2, 0.25) is 5.95 Å². The van der Waals surface area contributed by atoms with Gasteiger partial charge < -0.3 is 11.5 Å². The molecule has 1 unspecified atom stereocenters. The highest BCUT2D eigenvalue weighted by Crippen LogP contribution is 2.11. The van der Waals surface area contributed by atoms with Gasteiger partial charge in [0.25, 0.3) is 0 Å². The van der Waals surface area contributed by atoms with E-state index in [0.29, 0.717) is 5.95 Å². The van der Waals surface area contributed by atoms with Crippen molar-refractivity contribution in [1.82, 2.24) is 14.8 Å². The van der Waals surface area contributed by atoms with Crippen molar-refractivity contribution in [3.63, 3.8) is 0 Å². The van der Waals surface area contributed by atoms with Gasteiger partial charge in [0.15, 0.2) is 0 Å². The molecule has 60 valence electrons. The third-order valence-corrected chi connectivity index (χ3v) is 1.91. The maximum absolute atomic E-state index is 5.73. The highest BCUT2D eigenvalue weighted by molar-refractivity contribution is 5.15. The topological polar surface area (TPSA) is 82.8 Å². The van der Waals surface area contributed by atoms with Gasteiger partial charge in [-0.3, -0.25) is 0 Å². The number of nitrogens with zero attached hydrogens (tertiary/aromatic N) is 3. The molecule has 2 heterocycles. The summed E-state index contributed by atoms with van der Waals surface area (Å²) in [6.45, 7) is 0.750. The largest absolute Gasteiger partial charge is 0.366 e. The zero-order chi connectivity index (χ0) is 7.84. The summed E-state index contributed by atoms with van der Waals surface area (Å²) in [5, 5.41) is 4.00. The summed E-state index contributed by atoms with van der Waals surface area (Å²) in [4.78, 5) is 4.06. The van der Waals surface area contributed by atoms with Crippen molar-refractivity contribution in [2.24, 2.45) is 5.73 Å². The molecule has 0 aliphatic carbocycles. The third-order valence-electron chi connectivity index (χ3n) is 1.91. The SMILES string of the molecule is Nc1nc2n(n1)CC(N)CC2. The van der Waals surface area contributed by atoms with Gasteiger partial charge in [-0.2, -0.15) is 4.98 Å². The number of anilines is 1. The Morgan fingerprint density at radius 1 is 1.55 bits per heavy atom. The zero-order valence-electron chi connectivity index (χ0n) is 6.20. The van der Waals surface area contributed by atoms with E-state index in [1.54, 1.807) is 4.68 Å². The van der Waals surface area contributed by atoms with Gasteiger partial charge in [0.05, 0.1) is 6.54 Å². The molecule has 11 heavy (non-hydrogen) atoms. The lowest BCUT2D eigenvalue weighted by molar-refractivity contribution is 0.422. The third kappa shape index (κ3) is 1.07. The van der Waals surface area contributed by atoms with Crippen LogP contribution in [0.25, 0.3) is 0 Å². The Morgan fingerprint density at radius 3 is 3.18 bits per heavy atom. The summed E-state index contributed by atoms with van der Waals surface area (Å²) >= 11 is 0. The fourth-order valence-electron chi connectivity index (χ4n) is 1.35. The van der Waals surface area contributed by atoms with Crippen molar-refractivity contribution in [2.75, 3.05) is 5.73 Å².